The molecule has 4 rings (SSSR count). The first-order chi connectivity index (χ1) is 16.6. The molecule has 1 aliphatic rings. The summed E-state index contributed by atoms with van der Waals surface area (Å²) in [6.07, 6.45) is 2.62. The third kappa shape index (κ3) is 6.87. The summed E-state index contributed by atoms with van der Waals surface area (Å²) in [6.45, 7) is 2.01. The van der Waals surface area contributed by atoms with Crippen molar-refractivity contribution in [3.8, 4) is 5.75 Å². The summed E-state index contributed by atoms with van der Waals surface area (Å²) >= 11 is 0. The first-order valence-corrected chi connectivity index (χ1v) is 11.7. The van der Waals surface area contributed by atoms with Crippen LogP contribution in [0.3, 0.4) is 0 Å². The van der Waals surface area contributed by atoms with Crippen molar-refractivity contribution in [3.63, 3.8) is 0 Å². The van der Waals surface area contributed by atoms with Crippen LogP contribution in [0.2, 0.25) is 0 Å². The maximum absolute atomic E-state index is 13.8. The molecule has 0 bridgehead atoms. The molecule has 0 saturated carbocycles. The summed E-state index contributed by atoms with van der Waals surface area (Å²) in [6, 6.07) is 20.3. The van der Waals surface area contributed by atoms with Crippen LogP contribution in [0, 0.1) is 11.6 Å². The smallest absolute Gasteiger partial charge is 0.227 e. The van der Waals surface area contributed by atoms with Gasteiger partial charge >= 0.3 is 0 Å². The number of carbonyl (C=O) groups is 1. The van der Waals surface area contributed by atoms with E-state index in [2.05, 4.69) is 0 Å². The van der Waals surface area contributed by atoms with Gasteiger partial charge in [0.15, 0.2) is 0 Å². The normalized spacial score (nSPS) is 15.3. The standard InChI is InChI=1S/C28H29F2NO3/c29-24-12-10-21(11-13-24)18-28(32)31(20-26-8-4-15-33-26)19-22-5-3-7-25(17-22)34-16-14-23-6-1-2-9-27(23)30/h1-3,5-7,9-13,17,26H,4,8,14-16,18-20H2. The number of rotatable bonds is 10. The molecule has 1 aliphatic heterocycles. The molecule has 34 heavy (non-hydrogen) atoms. The van der Waals surface area contributed by atoms with Crippen molar-refractivity contribution >= 4 is 5.91 Å². The van der Waals surface area contributed by atoms with Crippen LogP contribution in [0.5, 0.6) is 5.75 Å². The molecular weight excluding hydrogens is 436 g/mol. The lowest BCUT2D eigenvalue weighted by atomic mass is 10.1. The van der Waals surface area contributed by atoms with Crippen molar-refractivity contribution in [2.75, 3.05) is 19.8 Å². The average molecular weight is 466 g/mol. The van der Waals surface area contributed by atoms with Crippen LogP contribution in [0.15, 0.2) is 72.8 Å². The second kappa shape index (κ2) is 11.7. The lowest BCUT2D eigenvalue weighted by Crippen LogP contribution is -2.37. The molecule has 1 heterocycles. The Morgan fingerprint density at radius 1 is 1.00 bits per heavy atom. The number of carbonyl (C=O) groups excluding carboxylic acids is 1. The van der Waals surface area contributed by atoms with Gasteiger partial charge in [0, 0.05) is 26.1 Å². The lowest BCUT2D eigenvalue weighted by Gasteiger charge is -2.26. The van der Waals surface area contributed by atoms with Crippen molar-refractivity contribution in [3.05, 3.63) is 101 Å². The van der Waals surface area contributed by atoms with Gasteiger partial charge in [-0.25, -0.2) is 8.78 Å². The Hall–Kier alpha value is -3.25. The number of hydrogen-bond donors (Lipinski definition) is 0. The second-order valence-corrected chi connectivity index (χ2v) is 8.55. The third-order valence-electron chi connectivity index (χ3n) is 5.94. The first kappa shape index (κ1) is 23.9. The van der Waals surface area contributed by atoms with Gasteiger partial charge in [0.1, 0.15) is 17.4 Å². The Kier molecular flexibility index (Phi) is 8.26. The third-order valence-corrected chi connectivity index (χ3v) is 5.94. The molecule has 0 spiro atoms. The predicted molar refractivity (Wildman–Crippen MR) is 127 cm³/mol. The van der Waals surface area contributed by atoms with Gasteiger partial charge in [-0.05, 0) is 59.9 Å². The molecule has 0 aromatic heterocycles. The van der Waals surface area contributed by atoms with Gasteiger partial charge in [-0.1, -0.05) is 42.5 Å². The highest BCUT2D eigenvalue weighted by Crippen LogP contribution is 2.20. The van der Waals surface area contributed by atoms with Crippen LogP contribution in [0.25, 0.3) is 0 Å². The van der Waals surface area contributed by atoms with Crippen LogP contribution in [-0.2, 0) is 28.9 Å². The average Bonchev–Trinajstić information content (AvgIpc) is 3.35. The zero-order valence-corrected chi connectivity index (χ0v) is 19.1. The molecule has 1 saturated heterocycles. The van der Waals surface area contributed by atoms with E-state index < -0.39 is 0 Å². The van der Waals surface area contributed by atoms with Crippen LogP contribution in [0.1, 0.15) is 29.5 Å². The SMILES string of the molecule is O=C(Cc1ccc(F)cc1)N(Cc1cccc(OCCc2ccccc2F)c1)CC1CCCO1. The maximum Gasteiger partial charge on any atom is 0.227 e. The highest BCUT2D eigenvalue weighted by Gasteiger charge is 2.23. The van der Waals surface area contributed by atoms with Gasteiger partial charge in [0.2, 0.25) is 5.91 Å². The molecule has 3 aromatic rings. The molecule has 0 N–H and O–H groups in total. The molecule has 0 aliphatic carbocycles. The van der Waals surface area contributed by atoms with Crippen molar-refractivity contribution in [1.82, 2.24) is 4.90 Å². The second-order valence-electron chi connectivity index (χ2n) is 8.55. The first-order valence-electron chi connectivity index (χ1n) is 11.7. The van der Waals surface area contributed by atoms with Crippen LogP contribution < -0.4 is 4.74 Å². The fraction of sp³-hybridized carbons (Fsp3) is 0.321. The van der Waals surface area contributed by atoms with E-state index in [0.29, 0.717) is 37.4 Å². The van der Waals surface area contributed by atoms with Crippen molar-refractivity contribution < 1.29 is 23.0 Å². The molecule has 3 aromatic carbocycles. The van der Waals surface area contributed by atoms with E-state index in [1.54, 1.807) is 29.2 Å². The van der Waals surface area contributed by atoms with E-state index in [1.165, 1.54) is 18.2 Å². The minimum atomic E-state index is -0.320. The Morgan fingerprint density at radius 2 is 1.82 bits per heavy atom. The number of halogens is 2. The van der Waals surface area contributed by atoms with Gasteiger partial charge in [0.25, 0.3) is 0 Å². The zero-order chi connectivity index (χ0) is 23.8. The van der Waals surface area contributed by atoms with E-state index in [0.717, 1.165) is 30.6 Å². The van der Waals surface area contributed by atoms with Crippen LogP contribution in [0.4, 0.5) is 8.78 Å². The summed E-state index contributed by atoms with van der Waals surface area (Å²) in [5.41, 5.74) is 2.33. The van der Waals surface area contributed by atoms with E-state index >= 15 is 0 Å². The Morgan fingerprint density at radius 3 is 2.59 bits per heavy atom. The van der Waals surface area contributed by atoms with E-state index in [-0.39, 0.29) is 30.1 Å². The summed E-state index contributed by atoms with van der Waals surface area (Å²) in [7, 11) is 0. The Labute approximate surface area is 199 Å². The van der Waals surface area contributed by atoms with Gasteiger partial charge in [0.05, 0.1) is 19.1 Å². The molecule has 1 fully saturated rings. The predicted octanol–water partition coefficient (Wildman–Crippen LogP) is 5.34. The van der Waals surface area contributed by atoms with Crippen molar-refractivity contribution in [2.45, 2.75) is 38.3 Å². The molecule has 178 valence electrons. The maximum atomic E-state index is 13.8. The highest BCUT2D eigenvalue weighted by molar-refractivity contribution is 5.78. The Bertz CT molecular complexity index is 1080. The minimum Gasteiger partial charge on any atom is -0.493 e. The molecular formula is C28H29F2NO3. The van der Waals surface area contributed by atoms with Gasteiger partial charge in [-0.3, -0.25) is 4.79 Å². The highest BCUT2D eigenvalue weighted by atomic mass is 19.1. The molecule has 1 atom stereocenters. The van der Waals surface area contributed by atoms with E-state index in [1.807, 2.05) is 30.3 Å². The van der Waals surface area contributed by atoms with Crippen LogP contribution in [-0.4, -0.2) is 36.7 Å². The Balaban J connectivity index is 1.40. The molecule has 1 unspecified atom stereocenters. The largest absolute Gasteiger partial charge is 0.493 e. The van der Waals surface area contributed by atoms with Crippen molar-refractivity contribution in [2.24, 2.45) is 0 Å². The molecule has 4 nitrogen and oxygen atoms in total. The topological polar surface area (TPSA) is 38.8 Å². The summed E-state index contributed by atoms with van der Waals surface area (Å²) in [5, 5.41) is 0. The summed E-state index contributed by atoms with van der Waals surface area (Å²) in [5.74, 6) is 0.0911. The number of hydrogen-bond acceptors (Lipinski definition) is 3. The van der Waals surface area contributed by atoms with Gasteiger partial charge < -0.3 is 14.4 Å². The summed E-state index contributed by atoms with van der Waals surface area (Å²) < 4.78 is 38.7. The molecule has 1 amide bonds. The van der Waals surface area contributed by atoms with E-state index in [9.17, 15) is 13.6 Å². The van der Waals surface area contributed by atoms with Crippen molar-refractivity contribution in [1.29, 1.82) is 0 Å². The number of amides is 1. The zero-order valence-electron chi connectivity index (χ0n) is 19.1. The number of benzene rings is 3. The van der Waals surface area contributed by atoms with Crippen LogP contribution >= 0.6 is 0 Å². The summed E-state index contributed by atoms with van der Waals surface area (Å²) in [4.78, 5) is 14.9. The number of nitrogens with zero attached hydrogens (tertiary/aromatic N) is 1. The van der Waals surface area contributed by atoms with E-state index in [4.69, 9.17) is 9.47 Å². The van der Waals surface area contributed by atoms with Gasteiger partial charge in [-0.2, -0.15) is 0 Å². The minimum absolute atomic E-state index is 0.0253. The molecule has 6 heteroatoms. The number of ether oxygens (including phenoxy) is 2. The quantitative estimate of drug-likeness (QED) is 0.406. The molecule has 0 radical (unpaired) electrons. The van der Waals surface area contributed by atoms with Gasteiger partial charge in [-0.15, -0.1) is 0 Å². The fourth-order valence-corrected chi connectivity index (χ4v) is 4.11. The lowest BCUT2D eigenvalue weighted by molar-refractivity contribution is -0.132. The monoisotopic (exact) mass is 465 g/mol. The fourth-order valence-electron chi connectivity index (χ4n) is 4.11.